The van der Waals surface area contributed by atoms with Crippen molar-refractivity contribution in [2.45, 2.75) is 51.2 Å². The van der Waals surface area contributed by atoms with Crippen molar-refractivity contribution in [1.29, 1.82) is 0 Å². The third-order valence-electron chi connectivity index (χ3n) is 2.83. The summed E-state index contributed by atoms with van der Waals surface area (Å²) in [4.78, 5) is 11.5. The number of carbonyl (C=O) groups is 1. The van der Waals surface area contributed by atoms with Gasteiger partial charge < -0.3 is 15.8 Å². The zero-order valence-corrected chi connectivity index (χ0v) is 9.50. The second-order valence-electron chi connectivity index (χ2n) is 4.14. The molecule has 88 valence electrons. The van der Waals surface area contributed by atoms with E-state index in [0.717, 1.165) is 38.8 Å². The van der Waals surface area contributed by atoms with Crippen molar-refractivity contribution in [3.63, 3.8) is 0 Å². The molecule has 0 spiro atoms. The highest BCUT2D eigenvalue weighted by Crippen LogP contribution is 2.12. The van der Waals surface area contributed by atoms with Crippen molar-refractivity contribution in [1.82, 2.24) is 5.32 Å². The fraction of sp³-hybridized carbons (Fsp3) is 0.909. The molecular formula is C11H22N2O2. The van der Waals surface area contributed by atoms with E-state index in [-0.39, 0.29) is 18.1 Å². The van der Waals surface area contributed by atoms with E-state index in [9.17, 15) is 4.79 Å². The Morgan fingerprint density at radius 3 is 2.87 bits per heavy atom. The quantitative estimate of drug-likeness (QED) is 0.643. The molecule has 0 aromatic rings. The lowest BCUT2D eigenvalue weighted by Gasteiger charge is -2.15. The van der Waals surface area contributed by atoms with E-state index in [2.05, 4.69) is 5.32 Å². The highest BCUT2D eigenvalue weighted by Gasteiger charge is 2.25. The summed E-state index contributed by atoms with van der Waals surface area (Å²) in [5, 5.41) is 3.01. The first-order valence-electron chi connectivity index (χ1n) is 5.85. The third kappa shape index (κ3) is 4.62. The Bertz CT molecular complexity index is 197. The topological polar surface area (TPSA) is 64.3 Å². The summed E-state index contributed by atoms with van der Waals surface area (Å²) in [5.74, 6) is 0.148. The van der Waals surface area contributed by atoms with Crippen LogP contribution in [-0.2, 0) is 9.53 Å². The number of nitrogens with two attached hydrogens (primary N) is 1. The van der Waals surface area contributed by atoms with Gasteiger partial charge in [-0.2, -0.15) is 0 Å². The normalized spacial score (nSPS) is 25.5. The van der Waals surface area contributed by atoms with Gasteiger partial charge in [-0.1, -0.05) is 6.42 Å². The number of unbranched alkanes of at least 4 members (excludes halogenated alkanes) is 2. The SMILES string of the molecule is CC1OCCC1NC(=O)CCCCCN. The highest BCUT2D eigenvalue weighted by atomic mass is 16.5. The van der Waals surface area contributed by atoms with Crippen LogP contribution >= 0.6 is 0 Å². The molecule has 4 heteroatoms. The molecule has 0 aromatic carbocycles. The number of ether oxygens (including phenoxy) is 1. The van der Waals surface area contributed by atoms with Gasteiger partial charge >= 0.3 is 0 Å². The van der Waals surface area contributed by atoms with Crippen molar-refractivity contribution in [2.75, 3.05) is 13.2 Å². The first-order chi connectivity index (χ1) is 7.24. The van der Waals surface area contributed by atoms with Crippen molar-refractivity contribution in [3.8, 4) is 0 Å². The van der Waals surface area contributed by atoms with Gasteiger partial charge in [0.05, 0.1) is 12.1 Å². The molecule has 1 fully saturated rings. The Labute approximate surface area is 91.5 Å². The predicted octanol–water partition coefficient (Wildman–Crippen LogP) is 0.799. The van der Waals surface area contributed by atoms with Crippen LogP contribution in [-0.4, -0.2) is 31.2 Å². The molecule has 1 aliphatic rings. The van der Waals surface area contributed by atoms with E-state index in [4.69, 9.17) is 10.5 Å². The van der Waals surface area contributed by atoms with Crippen LogP contribution in [0.15, 0.2) is 0 Å². The summed E-state index contributed by atoms with van der Waals surface area (Å²) in [6.45, 7) is 3.49. The van der Waals surface area contributed by atoms with E-state index in [1.54, 1.807) is 0 Å². The van der Waals surface area contributed by atoms with Gasteiger partial charge in [0.15, 0.2) is 0 Å². The summed E-state index contributed by atoms with van der Waals surface area (Å²) in [6, 6.07) is 0.215. The van der Waals surface area contributed by atoms with Crippen LogP contribution in [0.25, 0.3) is 0 Å². The van der Waals surface area contributed by atoms with Crippen molar-refractivity contribution in [2.24, 2.45) is 5.73 Å². The van der Waals surface area contributed by atoms with Gasteiger partial charge in [0.1, 0.15) is 0 Å². The minimum atomic E-state index is 0.148. The molecule has 4 nitrogen and oxygen atoms in total. The molecule has 1 amide bonds. The van der Waals surface area contributed by atoms with Gasteiger partial charge in [-0.15, -0.1) is 0 Å². The summed E-state index contributed by atoms with van der Waals surface area (Å²) in [7, 11) is 0. The molecule has 1 saturated heterocycles. The molecule has 0 radical (unpaired) electrons. The minimum Gasteiger partial charge on any atom is -0.376 e. The lowest BCUT2D eigenvalue weighted by atomic mass is 10.1. The van der Waals surface area contributed by atoms with Gasteiger partial charge in [0.2, 0.25) is 5.91 Å². The summed E-state index contributed by atoms with van der Waals surface area (Å²) in [6.07, 6.45) is 4.71. The molecule has 15 heavy (non-hydrogen) atoms. The van der Waals surface area contributed by atoms with Crippen LogP contribution in [0.5, 0.6) is 0 Å². The van der Waals surface area contributed by atoms with Crippen molar-refractivity contribution < 1.29 is 9.53 Å². The molecule has 0 aliphatic carbocycles. The van der Waals surface area contributed by atoms with Crippen molar-refractivity contribution in [3.05, 3.63) is 0 Å². The van der Waals surface area contributed by atoms with Crippen LogP contribution in [0.3, 0.4) is 0 Å². The van der Waals surface area contributed by atoms with E-state index in [1.807, 2.05) is 6.92 Å². The van der Waals surface area contributed by atoms with Gasteiger partial charge in [0.25, 0.3) is 0 Å². The van der Waals surface area contributed by atoms with Gasteiger partial charge in [-0.25, -0.2) is 0 Å². The highest BCUT2D eigenvalue weighted by molar-refractivity contribution is 5.76. The number of hydrogen-bond acceptors (Lipinski definition) is 3. The first-order valence-corrected chi connectivity index (χ1v) is 5.85. The third-order valence-corrected chi connectivity index (χ3v) is 2.83. The fourth-order valence-corrected chi connectivity index (χ4v) is 1.81. The average molecular weight is 214 g/mol. The Morgan fingerprint density at radius 1 is 1.47 bits per heavy atom. The summed E-state index contributed by atoms with van der Waals surface area (Å²) < 4.78 is 5.38. The van der Waals surface area contributed by atoms with Crippen LogP contribution < -0.4 is 11.1 Å². The van der Waals surface area contributed by atoms with Crippen LogP contribution in [0.2, 0.25) is 0 Å². The molecule has 2 atom stereocenters. The maximum atomic E-state index is 11.5. The predicted molar refractivity (Wildman–Crippen MR) is 59.5 cm³/mol. The Balaban J connectivity index is 2.07. The number of rotatable bonds is 6. The Morgan fingerprint density at radius 2 is 2.27 bits per heavy atom. The van der Waals surface area contributed by atoms with E-state index in [0.29, 0.717) is 6.42 Å². The average Bonchev–Trinajstić information content (AvgIpc) is 2.59. The van der Waals surface area contributed by atoms with E-state index >= 15 is 0 Å². The molecule has 3 N–H and O–H groups in total. The molecule has 0 aromatic heterocycles. The molecule has 1 heterocycles. The minimum absolute atomic E-state index is 0.148. The van der Waals surface area contributed by atoms with E-state index < -0.39 is 0 Å². The van der Waals surface area contributed by atoms with Gasteiger partial charge in [-0.05, 0) is 32.7 Å². The molecule has 1 rings (SSSR count). The molecule has 0 saturated carbocycles. The zero-order valence-electron chi connectivity index (χ0n) is 9.50. The Kier molecular flexibility index (Phi) is 5.65. The second-order valence-corrected chi connectivity index (χ2v) is 4.14. The fourth-order valence-electron chi connectivity index (χ4n) is 1.81. The molecule has 2 unspecified atom stereocenters. The van der Waals surface area contributed by atoms with Crippen LogP contribution in [0, 0.1) is 0 Å². The van der Waals surface area contributed by atoms with Crippen LogP contribution in [0.1, 0.15) is 39.0 Å². The first kappa shape index (κ1) is 12.5. The molecule has 1 aliphatic heterocycles. The number of hydrogen-bond donors (Lipinski definition) is 2. The number of nitrogens with one attached hydrogen (secondary N) is 1. The lowest BCUT2D eigenvalue weighted by Crippen LogP contribution is -2.39. The van der Waals surface area contributed by atoms with E-state index in [1.165, 1.54) is 0 Å². The lowest BCUT2D eigenvalue weighted by molar-refractivity contribution is -0.122. The maximum absolute atomic E-state index is 11.5. The standard InChI is InChI=1S/C11H22N2O2/c1-9-10(6-8-15-9)13-11(14)5-3-2-4-7-12/h9-10H,2-8,12H2,1H3,(H,13,14). The number of carbonyl (C=O) groups excluding carboxylic acids is 1. The van der Waals surface area contributed by atoms with Crippen LogP contribution in [0.4, 0.5) is 0 Å². The van der Waals surface area contributed by atoms with Crippen molar-refractivity contribution >= 4 is 5.91 Å². The second kappa shape index (κ2) is 6.80. The number of amides is 1. The Hall–Kier alpha value is -0.610. The maximum Gasteiger partial charge on any atom is 0.220 e. The summed E-state index contributed by atoms with van der Waals surface area (Å²) >= 11 is 0. The van der Waals surface area contributed by atoms with Gasteiger partial charge in [0, 0.05) is 13.0 Å². The largest absolute Gasteiger partial charge is 0.376 e. The molecular weight excluding hydrogens is 192 g/mol. The monoisotopic (exact) mass is 214 g/mol. The zero-order chi connectivity index (χ0) is 11.1. The van der Waals surface area contributed by atoms with Gasteiger partial charge in [-0.3, -0.25) is 4.79 Å². The molecule has 0 bridgehead atoms. The summed E-state index contributed by atoms with van der Waals surface area (Å²) in [5.41, 5.74) is 5.38. The smallest absolute Gasteiger partial charge is 0.220 e.